The van der Waals surface area contributed by atoms with Crippen LogP contribution in [-0.4, -0.2) is 49.1 Å². The molecular weight excluding hydrogens is 368 g/mol. The van der Waals surface area contributed by atoms with Gasteiger partial charge in [0.25, 0.3) is 0 Å². The van der Waals surface area contributed by atoms with E-state index in [-0.39, 0.29) is 24.5 Å². The maximum atomic E-state index is 12.5. The van der Waals surface area contributed by atoms with Gasteiger partial charge >= 0.3 is 0 Å². The molecule has 0 unspecified atom stereocenters. The first kappa shape index (κ1) is 20.0. The Balaban J connectivity index is 1.60. The fraction of sp³-hybridized carbons (Fsp3) is 0.600. The van der Waals surface area contributed by atoms with Crippen LogP contribution in [0.4, 0.5) is 5.69 Å². The van der Waals surface area contributed by atoms with Crippen molar-refractivity contribution >= 4 is 29.1 Å². The van der Waals surface area contributed by atoms with Crippen LogP contribution in [0.15, 0.2) is 18.2 Å². The van der Waals surface area contributed by atoms with Crippen LogP contribution >= 0.6 is 11.6 Å². The Morgan fingerprint density at radius 3 is 2.93 bits per heavy atom. The number of hydrogen-bond donors (Lipinski definition) is 1. The summed E-state index contributed by atoms with van der Waals surface area (Å²) in [5.41, 5.74) is 0.519. The molecule has 0 bridgehead atoms. The molecule has 2 aliphatic rings. The molecule has 6 nitrogen and oxygen atoms in total. The molecule has 2 fully saturated rings. The third-order valence-corrected chi connectivity index (χ3v) is 5.16. The maximum absolute atomic E-state index is 12.5. The molecule has 0 radical (unpaired) electrons. The van der Waals surface area contributed by atoms with Crippen molar-refractivity contribution in [3.8, 4) is 5.75 Å². The highest BCUT2D eigenvalue weighted by Crippen LogP contribution is 2.29. The number of carbonyl (C=O) groups is 2. The van der Waals surface area contributed by atoms with Gasteiger partial charge in [0.1, 0.15) is 12.4 Å². The van der Waals surface area contributed by atoms with Gasteiger partial charge in [-0.1, -0.05) is 24.4 Å². The van der Waals surface area contributed by atoms with Crippen molar-refractivity contribution in [3.05, 3.63) is 23.2 Å². The highest BCUT2D eigenvalue weighted by molar-refractivity contribution is 6.31. The molecule has 1 aromatic rings. The van der Waals surface area contributed by atoms with Crippen molar-refractivity contribution in [2.75, 3.05) is 31.6 Å². The first-order valence-electron chi connectivity index (χ1n) is 9.73. The molecule has 0 saturated carbocycles. The van der Waals surface area contributed by atoms with Crippen molar-refractivity contribution in [2.24, 2.45) is 0 Å². The van der Waals surface area contributed by atoms with Crippen molar-refractivity contribution in [2.45, 2.75) is 51.0 Å². The number of amides is 2. The first-order chi connectivity index (χ1) is 13.1. The minimum atomic E-state index is -0.242. The Labute approximate surface area is 165 Å². The number of ether oxygens (including phenoxy) is 2. The Morgan fingerprint density at radius 1 is 1.26 bits per heavy atom. The number of hydrogen-bond acceptors (Lipinski definition) is 4. The second-order valence-electron chi connectivity index (χ2n) is 7.11. The number of nitrogens with one attached hydrogen (secondary N) is 1. The molecular formula is C20H27ClN2O4. The third kappa shape index (κ3) is 6.11. The van der Waals surface area contributed by atoms with Crippen LogP contribution in [0.5, 0.6) is 5.75 Å². The lowest BCUT2D eigenvalue weighted by atomic mass is 10.1. The van der Waals surface area contributed by atoms with E-state index in [4.69, 9.17) is 21.1 Å². The van der Waals surface area contributed by atoms with Crippen LogP contribution < -0.4 is 10.1 Å². The first-order valence-corrected chi connectivity index (χ1v) is 10.1. The SMILES string of the molecule is O=C(CN1CCCCCCC1=O)Nc1cc(Cl)ccc1OC[C@H]1CCCO1. The van der Waals surface area contributed by atoms with Crippen LogP contribution in [-0.2, 0) is 14.3 Å². The van der Waals surface area contributed by atoms with E-state index in [9.17, 15) is 9.59 Å². The zero-order chi connectivity index (χ0) is 19.1. The molecule has 2 saturated heterocycles. The van der Waals surface area contributed by atoms with Gasteiger partial charge in [0.05, 0.1) is 18.3 Å². The number of carbonyl (C=O) groups excluding carboxylic acids is 2. The van der Waals surface area contributed by atoms with Gasteiger partial charge in [0.2, 0.25) is 11.8 Å². The minimum absolute atomic E-state index is 0.0470. The van der Waals surface area contributed by atoms with Crippen LogP contribution in [0.3, 0.4) is 0 Å². The summed E-state index contributed by atoms with van der Waals surface area (Å²) in [6.45, 7) is 1.89. The van der Waals surface area contributed by atoms with Gasteiger partial charge in [-0.25, -0.2) is 0 Å². The molecule has 27 heavy (non-hydrogen) atoms. The summed E-state index contributed by atoms with van der Waals surface area (Å²) in [5, 5.41) is 3.36. The number of likely N-dealkylation sites (tertiary alicyclic amines) is 1. The quantitative estimate of drug-likeness (QED) is 0.800. The van der Waals surface area contributed by atoms with E-state index in [0.717, 1.165) is 45.1 Å². The van der Waals surface area contributed by atoms with Gasteiger partial charge in [-0.2, -0.15) is 0 Å². The lowest BCUT2D eigenvalue weighted by Gasteiger charge is -2.24. The van der Waals surface area contributed by atoms with Crippen LogP contribution in [0.25, 0.3) is 0 Å². The summed E-state index contributed by atoms with van der Waals surface area (Å²) in [5.74, 6) is 0.362. The minimum Gasteiger partial charge on any atom is -0.489 e. The summed E-state index contributed by atoms with van der Waals surface area (Å²) in [6, 6.07) is 5.14. The van der Waals surface area contributed by atoms with E-state index in [1.165, 1.54) is 0 Å². The molecule has 1 atom stereocenters. The van der Waals surface area contributed by atoms with Gasteiger partial charge in [-0.15, -0.1) is 0 Å². The molecule has 3 rings (SSSR count). The smallest absolute Gasteiger partial charge is 0.244 e. The summed E-state index contributed by atoms with van der Waals surface area (Å²) in [6.07, 6.45) is 6.64. The zero-order valence-corrected chi connectivity index (χ0v) is 16.3. The molecule has 1 aromatic carbocycles. The van der Waals surface area contributed by atoms with E-state index >= 15 is 0 Å². The molecule has 0 spiro atoms. The summed E-state index contributed by atoms with van der Waals surface area (Å²) < 4.78 is 11.4. The van der Waals surface area contributed by atoms with E-state index < -0.39 is 0 Å². The van der Waals surface area contributed by atoms with Gasteiger partial charge in [-0.05, 0) is 43.9 Å². The van der Waals surface area contributed by atoms with Gasteiger partial charge < -0.3 is 19.7 Å². The fourth-order valence-corrected chi connectivity index (χ4v) is 3.60. The molecule has 148 valence electrons. The average molecular weight is 395 g/mol. The zero-order valence-electron chi connectivity index (χ0n) is 15.5. The standard InChI is InChI=1S/C20H27ClN2O4/c21-15-8-9-18(27-14-16-6-5-11-26-16)17(12-15)22-19(24)13-23-10-4-2-1-3-7-20(23)25/h8-9,12,16H,1-7,10-11,13-14H2,(H,22,24)/t16-/m1/s1. The van der Waals surface area contributed by atoms with Crippen LogP contribution in [0, 0.1) is 0 Å². The van der Waals surface area contributed by atoms with Crippen molar-refractivity contribution < 1.29 is 19.1 Å². The number of benzene rings is 1. The van der Waals surface area contributed by atoms with E-state index in [1.54, 1.807) is 23.1 Å². The predicted octanol–water partition coefficient (Wildman–Crippen LogP) is 3.63. The lowest BCUT2D eigenvalue weighted by molar-refractivity contribution is -0.135. The Morgan fingerprint density at radius 2 is 2.11 bits per heavy atom. The monoisotopic (exact) mass is 394 g/mol. The molecule has 2 heterocycles. The van der Waals surface area contributed by atoms with E-state index in [0.29, 0.717) is 36.0 Å². The summed E-state index contributed by atoms with van der Waals surface area (Å²) in [4.78, 5) is 26.4. The fourth-order valence-electron chi connectivity index (χ4n) is 3.43. The molecule has 7 heteroatoms. The lowest BCUT2D eigenvalue weighted by Crippen LogP contribution is -2.39. The number of anilines is 1. The van der Waals surface area contributed by atoms with E-state index in [1.807, 2.05) is 0 Å². The average Bonchev–Trinajstić information content (AvgIpc) is 3.14. The normalized spacial score (nSPS) is 20.9. The Kier molecular flexibility index (Phi) is 7.35. The Bertz CT molecular complexity index is 661. The van der Waals surface area contributed by atoms with Gasteiger partial charge in [-0.3, -0.25) is 9.59 Å². The topological polar surface area (TPSA) is 67.9 Å². The van der Waals surface area contributed by atoms with Crippen molar-refractivity contribution in [3.63, 3.8) is 0 Å². The highest BCUT2D eigenvalue weighted by Gasteiger charge is 2.20. The predicted molar refractivity (Wildman–Crippen MR) is 104 cm³/mol. The van der Waals surface area contributed by atoms with Crippen molar-refractivity contribution in [1.82, 2.24) is 4.90 Å². The molecule has 0 aromatic heterocycles. The maximum Gasteiger partial charge on any atom is 0.244 e. The van der Waals surface area contributed by atoms with Crippen molar-refractivity contribution in [1.29, 1.82) is 0 Å². The van der Waals surface area contributed by atoms with Crippen LogP contribution in [0.2, 0.25) is 5.02 Å². The molecule has 0 aliphatic carbocycles. The van der Waals surface area contributed by atoms with Crippen LogP contribution in [0.1, 0.15) is 44.9 Å². The number of nitrogens with zero attached hydrogens (tertiary/aromatic N) is 1. The molecule has 1 N–H and O–H groups in total. The highest BCUT2D eigenvalue weighted by atomic mass is 35.5. The largest absolute Gasteiger partial charge is 0.489 e. The summed E-state index contributed by atoms with van der Waals surface area (Å²) >= 11 is 6.09. The Hall–Kier alpha value is -1.79. The summed E-state index contributed by atoms with van der Waals surface area (Å²) in [7, 11) is 0. The molecule has 2 amide bonds. The number of halogens is 1. The van der Waals surface area contributed by atoms with E-state index in [2.05, 4.69) is 5.32 Å². The van der Waals surface area contributed by atoms with Gasteiger partial charge in [0, 0.05) is 24.6 Å². The third-order valence-electron chi connectivity index (χ3n) is 4.92. The second-order valence-corrected chi connectivity index (χ2v) is 7.55. The second kappa shape index (κ2) is 9.95. The molecule has 2 aliphatic heterocycles. The van der Waals surface area contributed by atoms with Gasteiger partial charge in [0.15, 0.2) is 0 Å². The number of rotatable bonds is 6.